The van der Waals surface area contributed by atoms with Gasteiger partial charge in [-0.3, -0.25) is 4.79 Å². The first-order valence-electron chi connectivity index (χ1n) is 6.83. The molecule has 0 unspecified atom stereocenters. The highest BCUT2D eigenvalue weighted by Gasteiger charge is 2.25. The fraction of sp³-hybridized carbons (Fsp3) is 0.438. The lowest BCUT2D eigenvalue weighted by molar-refractivity contribution is 0.0766. The van der Waals surface area contributed by atoms with Gasteiger partial charge in [-0.25, -0.2) is 0 Å². The minimum absolute atomic E-state index is 0.0470. The molecule has 1 aromatic carbocycles. The maximum absolute atomic E-state index is 12.5. The molecule has 2 N–H and O–H groups in total. The van der Waals surface area contributed by atoms with Gasteiger partial charge in [0.05, 0.1) is 5.56 Å². The number of halogens is 1. The summed E-state index contributed by atoms with van der Waals surface area (Å²) in [6.07, 6.45) is 3.07. The summed E-state index contributed by atoms with van der Waals surface area (Å²) in [6.45, 7) is 7.97. The van der Waals surface area contributed by atoms with Gasteiger partial charge in [-0.15, -0.1) is 0 Å². The summed E-state index contributed by atoms with van der Waals surface area (Å²) in [5.74, 6) is -0.0470. The Labute approximate surface area is 125 Å². The number of anilines is 1. The Bertz CT molecular complexity index is 558. The van der Waals surface area contributed by atoms with E-state index in [1.165, 1.54) is 5.57 Å². The molecule has 0 bridgehead atoms. The molecule has 0 saturated heterocycles. The maximum atomic E-state index is 12.5. The topological polar surface area (TPSA) is 46.3 Å². The molecule has 4 heteroatoms. The van der Waals surface area contributed by atoms with Gasteiger partial charge in [0.1, 0.15) is 0 Å². The van der Waals surface area contributed by atoms with Crippen molar-refractivity contribution in [1.29, 1.82) is 0 Å². The van der Waals surface area contributed by atoms with Crippen LogP contribution in [-0.2, 0) is 0 Å². The van der Waals surface area contributed by atoms with Crippen LogP contribution in [0.25, 0.3) is 0 Å². The van der Waals surface area contributed by atoms with Crippen LogP contribution in [0.3, 0.4) is 0 Å². The average molecular weight is 293 g/mol. The summed E-state index contributed by atoms with van der Waals surface area (Å²) in [5.41, 5.74) is 8.41. The van der Waals surface area contributed by atoms with E-state index in [9.17, 15) is 4.79 Å². The number of amides is 1. The van der Waals surface area contributed by atoms with E-state index in [2.05, 4.69) is 26.8 Å². The Morgan fingerprint density at radius 2 is 2.05 bits per heavy atom. The number of nitrogens with zero attached hydrogens (tertiary/aromatic N) is 1. The van der Waals surface area contributed by atoms with Crippen molar-refractivity contribution in [2.75, 3.05) is 18.8 Å². The van der Waals surface area contributed by atoms with Crippen LogP contribution < -0.4 is 5.73 Å². The van der Waals surface area contributed by atoms with E-state index >= 15 is 0 Å². The Kier molecular flexibility index (Phi) is 4.09. The molecule has 0 fully saturated rings. The van der Waals surface area contributed by atoms with Crippen molar-refractivity contribution in [1.82, 2.24) is 4.90 Å². The van der Waals surface area contributed by atoms with Crippen molar-refractivity contribution in [3.05, 3.63) is 40.4 Å². The highest BCUT2D eigenvalue weighted by atomic mass is 35.5. The van der Waals surface area contributed by atoms with Crippen LogP contribution in [0.5, 0.6) is 0 Å². The van der Waals surface area contributed by atoms with Crippen molar-refractivity contribution in [3.63, 3.8) is 0 Å². The van der Waals surface area contributed by atoms with Gasteiger partial charge < -0.3 is 10.6 Å². The molecule has 1 aliphatic rings. The Hall–Kier alpha value is -1.48. The molecule has 2 rings (SSSR count). The normalized spacial score (nSPS) is 16.0. The molecule has 0 saturated carbocycles. The van der Waals surface area contributed by atoms with Crippen LogP contribution >= 0.6 is 11.6 Å². The summed E-state index contributed by atoms with van der Waals surface area (Å²) in [6, 6.07) is 5.01. The van der Waals surface area contributed by atoms with Crippen molar-refractivity contribution >= 4 is 23.2 Å². The number of rotatable bonds is 1. The number of nitrogen functional groups attached to an aromatic ring is 1. The molecule has 1 aromatic rings. The smallest absolute Gasteiger partial charge is 0.256 e. The van der Waals surface area contributed by atoms with Crippen molar-refractivity contribution < 1.29 is 4.79 Å². The van der Waals surface area contributed by atoms with E-state index in [-0.39, 0.29) is 11.3 Å². The maximum Gasteiger partial charge on any atom is 0.256 e. The van der Waals surface area contributed by atoms with E-state index < -0.39 is 0 Å². The first-order valence-corrected chi connectivity index (χ1v) is 7.20. The second-order valence-electron chi connectivity index (χ2n) is 6.21. The molecule has 0 atom stereocenters. The van der Waals surface area contributed by atoms with Crippen molar-refractivity contribution in [3.8, 4) is 0 Å². The summed E-state index contributed by atoms with van der Waals surface area (Å²) >= 11 is 5.94. The van der Waals surface area contributed by atoms with Gasteiger partial charge in [-0.2, -0.15) is 0 Å². The first kappa shape index (κ1) is 14.9. The van der Waals surface area contributed by atoms with Crippen LogP contribution in [0, 0.1) is 5.41 Å². The van der Waals surface area contributed by atoms with Crippen molar-refractivity contribution in [2.45, 2.75) is 27.2 Å². The zero-order valence-electron chi connectivity index (χ0n) is 12.2. The predicted octanol–water partition coefficient (Wildman–Crippen LogP) is 3.74. The molecule has 1 amide bonds. The molecular weight excluding hydrogens is 272 g/mol. The van der Waals surface area contributed by atoms with Crippen LogP contribution in [0.15, 0.2) is 29.8 Å². The summed E-state index contributed by atoms with van der Waals surface area (Å²) in [5, 5.41) is 0.533. The Balaban J connectivity index is 2.17. The highest BCUT2D eigenvalue weighted by Crippen LogP contribution is 2.30. The number of benzene rings is 1. The molecule has 0 aromatic heterocycles. The van der Waals surface area contributed by atoms with Crippen LogP contribution in [0.2, 0.25) is 5.02 Å². The lowest BCUT2D eigenvalue weighted by Gasteiger charge is -2.32. The zero-order chi connectivity index (χ0) is 14.9. The molecular formula is C16H21ClN2O. The van der Waals surface area contributed by atoms with Crippen LogP contribution in [0.4, 0.5) is 5.69 Å². The van der Waals surface area contributed by atoms with Gasteiger partial charge in [-0.1, -0.05) is 44.0 Å². The number of nitrogens with two attached hydrogens (primary N) is 1. The molecule has 1 aliphatic heterocycles. The largest absolute Gasteiger partial charge is 0.398 e. The minimum atomic E-state index is -0.0470. The lowest BCUT2D eigenvalue weighted by Crippen LogP contribution is -2.36. The summed E-state index contributed by atoms with van der Waals surface area (Å²) < 4.78 is 0. The standard InChI is InChI=1S/C16H21ClN2O/c1-16(2,3)11-6-8-19(9-7-11)15(20)13-10-12(17)4-5-14(13)18/h4-6,10H,7-9,18H2,1-3H3. The molecule has 0 spiro atoms. The van der Waals surface area contributed by atoms with Gasteiger partial charge in [0.2, 0.25) is 0 Å². The van der Waals surface area contributed by atoms with Gasteiger partial charge in [0.25, 0.3) is 5.91 Å². The Morgan fingerprint density at radius 3 is 2.60 bits per heavy atom. The predicted molar refractivity (Wildman–Crippen MR) is 83.9 cm³/mol. The van der Waals surface area contributed by atoms with E-state index in [1.807, 2.05) is 4.90 Å². The van der Waals surface area contributed by atoms with E-state index in [0.29, 0.717) is 22.8 Å². The monoisotopic (exact) mass is 292 g/mol. The minimum Gasteiger partial charge on any atom is -0.398 e. The van der Waals surface area contributed by atoms with Gasteiger partial charge >= 0.3 is 0 Å². The highest BCUT2D eigenvalue weighted by molar-refractivity contribution is 6.31. The van der Waals surface area contributed by atoms with Crippen LogP contribution in [-0.4, -0.2) is 23.9 Å². The quantitative estimate of drug-likeness (QED) is 0.633. The SMILES string of the molecule is CC(C)(C)C1=CCN(C(=O)c2cc(Cl)ccc2N)CC1. The molecule has 20 heavy (non-hydrogen) atoms. The van der Waals surface area contributed by atoms with Gasteiger partial charge in [0.15, 0.2) is 0 Å². The van der Waals surface area contributed by atoms with Gasteiger partial charge in [-0.05, 0) is 30.0 Å². The number of hydrogen-bond acceptors (Lipinski definition) is 2. The second kappa shape index (κ2) is 5.49. The Morgan fingerprint density at radius 1 is 1.35 bits per heavy atom. The summed E-state index contributed by atoms with van der Waals surface area (Å²) in [7, 11) is 0. The number of hydrogen-bond donors (Lipinski definition) is 1. The molecule has 0 aliphatic carbocycles. The molecule has 1 heterocycles. The zero-order valence-corrected chi connectivity index (χ0v) is 13.0. The third-order valence-electron chi connectivity index (χ3n) is 3.71. The molecule has 3 nitrogen and oxygen atoms in total. The fourth-order valence-corrected chi connectivity index (χ4v) is 2.59. The van der Waals surface area contributed by atoms with Crippen molar-refractivity contribution in [2.24, 2.45) is 5.41 Å². The van der Waals surface area contributed by atoms with Crippen LogP contribution in [0.1, 0.15) is 37.6 Å². The van der Waals surface area contributed by atoms with Gasteiger partial charge in [0, 0.05) is 23.8 Å². The summed E-state index contributed by atoms with van der Waals surface area (Å²) in [4.78, 5) is 14.3. The fourth-order valence-electron chi connectivity index (χ4n) is 2.42. The van der Waals surface area contributed by atoms with E-state index in [4.69, 9.17) is 17.3 Å². The molecule has 0 radical (unpaired) electrons. The third-order valence-corrected chi connectivity index (χ3v) is 3.94. The lowest BCUT2D eigenvalue weighted by atomic mass is 9.83. The second-order valence-corrected chi connectivity index (χ2v) is 6.65. The molecule has 108 valence electrons. The van der Waals surface area contributed by atoms with E-state index in [1.54, 1.807) is 18.2 Å². The number of carbonyl (C=O) groups excluding carboxylic acids is 1. The number of carbonyl (C=O) groups is 1. The van der Waals surface area contributed by atoms with E-state index in [0.717, 1.165) is 13.0 Å². The first-order chi connectivity index (χ1) is 9.29. The third kappa shape index (κ3) is 3.15. The average Bonchev–Trinajstić information content (AvgIpc) is 2.40.